The molecule has 19 heavy (non-hydrogen) atoms. The zero-order chi connectivity index (χ0) is 14.6. The highest BCUT2D eigenvalue weighted by atomic mass is 32.2. The molecule has 0 aliphatic heterocycles. The summed E-state index contributed by atoms with van der Waals surface area (Å²) >= 11 is 0. The summed E-state index contributed by atoms with van der Waals surface area (Å²) in [5, 5.41) is 8.87. The molecule has 0 bridgehead atoms. The lowest BCUT2D eigenvalue weighted by Gasteiger charge is -2.22. The first-order valence-corrected chi connectivity index (χ1v) is 7.97. The first-order valence-electron chi connectivity index (χ1n) is 6.53. The third-order valence-corrected chi connectivity index (χ3v) is 5.40. The molecule has 0 atom stereocenters. The van der Waals surface area contributed by atoms with E-state index in [0.717, 1.165) is 16.7 Å². The zero-order valence-electron chi connectivity index (χ0n) is 12.1. The molecule has 0 saturated heterocycles. The van der Waals surface area contributed by atoms with E-state index in [1.165, 1.54) is 4.31 Å². The lowest BCUT2D eigenvalue weighted by atomic mass is 10.1. The van der Waals surface area contributed by atoms with Crippen molar-refractivity contribution >= 4 is 10.0 Å². The van der Waals surface area contributed by atoms with Gasteiger partial charge >= 0.3 is 0 Å². The van der Waals surface area contributed by atoms with Gasteiger partial charge in [-0.2, -0.15) is 4.31 Å². The minimum Gasteiger partial charge on any atom is -0.396 e. The maximum absolute atomic E-state index is 12.7. The summed E-state index contributed by atoms with van der Waals surface area (Å²) in [6.07, 6.45) is 0.455. The van der Waals surface area contributed by atoms with Crippen LogP contribution in [0.2, 0.25) is 0 Å². The molecule has 0 aliphatic rings. The average molecular weight is 285 g/mol. The van der Waals surface area contributed by atoms with Crippen LogP contribution < -0.4 is 0 Å². The maximum atomic E-state index is 12.7. The number of hydrogen-bond donors (Lipinski definition) is 1. The fourth-order valence-corrected chi connectivity index (χ4v) is 4.30. The fourth-order valence-electron chi connectivity index (χ4n) is 2.40. The standard InChI is InChI=1S/C14H23NO3S/c1-5-15(7-6-8-16)19(17,18)14-12(3)9-11(2)10-13(14)4/h9-10,16H,5-8H2,1-4H3. The van der Waals surface area contributed by atoms with Gasteiger partial charge in [0.05, 0.1) is 4.90 Å². The van der Waals surface area contributed by atoms with Crippen LogP contribution in [0.5, 0.6) is 0 Å². The van der Waals surface area contributed by atoms with Gasteiger partial charge in [-0.1, -0.05) is 24.6 Å². The summed E-state index contributed by atoms with van der Waals surface area (Å²) in [4.78, 5) is 0.401. The van der Waals surface area contributed by atoms with Gasteiger partial charge in [-0.15, -0.1) is 0 Å². The number of aliphatic hydroxyl groups excluding tert-OH is 1. The fraction of sp³-hybridized carbons (Fsp3) is 0.571. The van der Waals surface area contributed by atoms with Gasteiger partial charge < -0.3 is 5.11 Å². The Morgan fingerprint density at radius 2 is 1.68 bits per heavy atom. The molecule has 0 radical (unpaired) electrons. The van der Waals surface area contributed by atoms with E-state index in [0.29, 0.717) is 24.4 Å². The second-order valence-electron chi connectivity index (χ2n) is 4.80. The molecule has 0 unspecified atom stereocenters. The van der Waals surface area contributed by atoms with E-state index in [1.807, 2.05) is 39.8 Å². The number of aliphatic hydroxyl groups is 1. The highest BCUT2D eigenvalue weighted by molar-refractivity contribution is 7.89. The third kappa shape index (κ3) is 3.55. The second-order valence-corrected chi connectivity index (χ2v) is 6.68. The number of rotatable bonds is 6. The molecule has 1 rings (SSSR count). The highest BCUT2D eigenvalue weighted by Crippen LogP contribution is 2.25. The van der Waals surface area contributed by atoms with Crippen molar-refractivity contribution in [3.05, 3.63) is 28.8 Å². The lowest BCUT2D eigenvalue weighted by molar-refractivity contribution is 0.271. The van der Waals surface area contributed by atoms with Crippen molar-refractivity contribution in [1.82, 2.24) is 4.31 Å². The van der Waals surface area contributed by atoms with Crippen LogP contribution in [0.3, 0.4) is 0 Å². The van der Waals surface area contributed by atoms with Crippen molar-refractivity contribution in [2.75, 3.05) is 19.7 Å². The van der Waals surface area contributed by atoms with Crippen LogP contribution in [-0.4, -0.2) is 37.5 Å². The third-order valence-electron chi connectivity index (χ3n) is 3.12. The molecule has 0 amide bonds. The van der Waals surface area contributed by atoms with Gasteiger partial charge in [0.25, 0.3) is 0 Å². The number of aryl methyl sites for hydroxylation is 3. The summed E-state index contributed by atoms with van der Waals surface area (Å²) in [6, 6.07) is 3.78. The van der Waals surface area contributed by atoms with Crippen LogP contribution in [-0.2, 0) is 10.0 Å². The van der Waals surface area contributed by atoms with Gasteiger partial charge in [-0.3, -0.25) is 0 Å². The molecule has 0 saturated carbocycles. The van der Waals surface area contributed by atoms with E-state index in [1.54, 1.807) is 0 Å². The molecule has 0 fully saturated rings. The minimum absolute atomic E-state index is 0.00210. The summed E-state index contributed by atoms with van der Waals surface area (Å²) < 4.78 is 26.8. The molecule has 0 spiro atoms. The Labute approximate surface area is 116 Å². The van der Waals surface area contributed by atoms with Crippen LogP contribution in [0.15, 0.2) is 17.0 Å². The van der Waals surface area contributed by atoms with E-state index in [9.17, 15) is 8.42 Å². The largest absolute Gasteiger partial charge is 0.396 e. The smallest absolute Gasteiger partial charge is 0.243 e. The quantitative estimate of drug-likeness (QED) is 0.870. The van der Waals surface area contributed by atoms with E-state index in [2.05, 4.69) is 0 Å². The minimum atomic E-state index is -3.48. The summed E-state index contributed by atoms with van der Waals surface area (Å²) in [5.74, 6) is 0. The first kappa shape index (κ1) is 16.1. The summed E-state index contributed by atoms with van der Waals surface area (Å²) in [7, 11) is -3.48. The molecule has 1 aromatic carbocycles. The molecule has 0 heterocycles. The molecular formula is C14H23NO3S. The van der Waals surface area contributed by atoms with Crippen molar-refractivity contribution in [2.24, 2.45) is 0 Å². The predicted molar refractivity (Wildman–Crippen MR) is 76.8 cm³/mol. The number of nitrogens with zero attached hydrogens (tertiary/aromatic N) is 1. The number of hydrogen-bond acceptors (Lipinski definition) is 3. The maximum Gasteiger partial charge on any atom is 0.243 e. The molecule has 0 aliphatic carbocycles. The molecule has 1 N–H and O–H groups in total. The molecule has 1 aromatic rings. The van der Waals surface area contributed by atoms with E-state index in [4.69, 9.17) is 5.11 Å². The van der Waals surface area contributed by atoms with E-state index < -0.39 is 10.0 Å². The van der Waals surface area contributed by atoms with Crippen molar-refractivity contribution in [1.29, 1.82) is 0 Å². The Kier molecular flexibility index (Phi) is 5.52. The Hall–Kier alpha value is -0.910. The molecular weight excluding hydrogens is 262 g/mol. The molecule has 5 heteroatoms. The second kappa shape index (κ2) is 6.50. The first-order chi connectivity index (χ1) is 8.84. The highest BCUT2D eigenvalue weighted by Gasteiger charge is 2.26. The van der Waals surface area contributed by atoms with Crippen LogP contribution in [0.1, 0.15) is 30.0 Å². The van der Waals surface area contributed by atoms with Gasteiger partial charge in [0.1, 0.15) is 0 Å². The monoisotopic (exact) mass is 285 g/mol. The van der Waals surface area contributed by atoms with Crippen molar-refractivity contribution in [3.8, 4) is 0 Å². The summed E-state index contributed by atoms with van der Waals surface area (Å²) in [6.45, 7) is 8.18. The SMILES string of the molecule is CCN(CCCO)S(=O)(=O)c1c(C)cc(C)cc1C. The van der Waals surface area contributed by atoms with E-state index >= 15 is 0 Å². The van der Waals surface area contributed by atoms with Crippen LogP contribution >= 0.6 is 0 Å². The Morgan fingerprint density at radius 1 is 1.16 bits per heavy atom. The van der Waals surface area contributed by atoms with Gasteiger partial charge in [-0.05, 0) is 38.3 Å². The zero-order valence-corrected chi connectivity index (χ0v) is 12.9. The number of sulfonamides is 1. The lowest BCUT2D eigenvalue weighted by Crippen LogP contribution is -2.33. The van der Waals surface area contributed by atoms with Gasteiger partial charge in [-0.25, -0.2) is 8.42 Å². The Bertz CT molecular complexity index is 515. The van der Waals surface area contributed by atoms with E-state index in [-0.39, 0.29) is 6.61 Å². The Morgan fingerprint density at radius 3 is 2.11 bits per heavy atom. The summed E-state index contributed by atoms with van der Waals surface area (Å²) in [5.41, 5.74) is 2.62. The molecule has 0 aromatic heterocycles. The molecule has 108 valence electrons. The van der Waals surface area contributed by atoms with Gasteiger partial charge in [0, 0.05) is 19.7 Å². The topological polar surface area (TPSA) is 57.6 Å². The van der Waals surface area contributed by atoms with Crippen molar-refractivity contribution in [3.63, 3.8) is 0 Å². The van der Waals surface area contributed by atoms with Crippen molar-refractivity contribution < 1.29 is 13.5 Å². The van der Waals surface area contributed by atoms with Crippen molar-refractivity contribution in [2.45, 2.75) is 39.0 Å². The molecule has 4 nitrogen and oxygen atoms in total. The predicted octanol–water partition coefficient (Wildman–Crippen LogP) is 2.00. The van der Waals surface area contributed by atoms with Crippen LogP contribution in [0.25, 0.3) is 0 Å². The van der Waals surface area contributed by atoms with Gasteiger partial charge in [0.2, 0.25) is 10.0 Å². The number of benzene rings is 1. The van der Waals surface area contributed by atoms with Crippen LogP contribution in [0.4, 0.5) is 0 Å². The van der Waals surface area contributed by atoms with Crippen LogP contribution in [0, 0.1) is 20.8 Å². The normalized spacial score (nSPS) is 12.1. The average Bonchev–Trinajstić information content (AvgIpc) is 2.27. The Balaban J connectivity index is 3.26. The van der Waals surface area contributed by atoms with Gasteiger partial charge in [0.15, 0.2) is 0 Å².